The second-order valence-corrected chi connectivity index (χ2v) is 9.47. The highest BCUT2D eigenvalue weighted by atomic mass is 32.2. The number of halogens is 1. The predicted octanol–water partition coefficient (Wildman–Crippen LogP) is 2.65. The summed E-state index contributed by atoms with van der Waals surface area (Å²) in [6.07, 6.45) is 0.0757. The Hall–Kier alpha value is -2.98. The van der Waals surface area contributed by atoms with Crippen molar-refractivity contribution in [2.75, 3.05) is 17.2 Å². The van der Waals surface area contributed by atoms with Gasteiger partial charge in [0.1, 0.15) is 17.6 Å². The number of carbonyl (C=O) groups is 2. The Morgan fingerprint density at radius 1 is 1.29 bits per heavy atom. The summed E-state index contributed by atoms with van der Waals surface area (Å²) in [5, 5.41) is 5.17. The van der Waals surface area contributed by atoms with E-state index in [0.717, 1.165) is 4.31 Å². The lowest BCUT2D eigenvalue weighted by Gasteiger charge is -2.27. The van der Waals surface area contributed by atoms with E-state index in [1.165, 1.54) is 30.3 Å². The molecule has 2 aliphatic heterocycles. The number of benzene rings is 2. The number of carbonyl (C=O) groups excluding carboxylic acids is 2. The summed E-state index contributed by atoms with van der Waals surface area (Å²) >= 11 is 0. The number of para-hydroxylation sites is 1. The Morgan fingerprint density at radius 2 is 2.03 bits per heavy atom. The third-order valence-electron chi connectivity index (χ3n) is 5.43. The highest BCUT2D eigenvalue weighted by molar-refractivity contribution is 7.89. The highest BCUT2D eigenvalue weighted by Crippen LogP contribution is 2.37. The molecule has 31 heavy (non-hydrogen) atoms. The number of amides is 2. The molecule has 10 heteroatoms. The van der Waals surface area contributed by atoms with E-state index < -0.39 is 33.9 Å². The molecule has 0 unspecified atom stereocenters. The van der Waals surface area contributed by atoms with Crippen molar-refractivity contribution in [3.8, 4) is 5.75 Å². The van der Waals surface area contributed by atoms with Gasteiger partial charge >= 0.3 is 0 Å². The zero-order valence-corrected chi connectivity index (χ0v) is 17.8. The van der Waals surface area contributed by atoms with Crippen LogP contribution in [0.1, 0.15) is 25.3 Å². The molecule has 164 valence electrons. The number of nitrogens with one attached hydrogen (secondary N) is 2. The lowest BCUT2D eigenvalue weighted by molar-refractivity contribution is -0.122. The molecule has 2 heterocycles. The molecule has 4 rings (SSSR count). The van der Waals surface area contributed by atoms with Crippen LogP contribution in [-0.4, -0.2) is 43.2 Å². The maximum atomic E-state index is 13.9. The Bertz CT molecular complexity index is 1170. The largest absolute Gasteiger partial charge is 0.479 e. The zero-order chi connectivity index (χ0) is 22.3. The van der Waals surface area contributed by atoms with Gasteiger partial charge in [-0.25, -0.2) is 12.8 Å². The van der Waals surface area contributed by atoms with Gasteiger partial charge in [-0.15, -0.1) is 0 Å². The van der Waals surface area contributed by atoms with E-state index in [0.29, 0.717) is 24.1 Å². The highest BCUT2D eigenvalue weighted by Gasteiger charge is 2.41. The summed E-state index contributed by atoms with van der Waals surface area (Å²) in [4.78, 5) is 24.6. The molecule has 8 nitrogen and oxygen atoms in total. The molecule has 2 N–H and O–H groups in total. The SMILES string of the molecule is Cc1cc2c(cc1S(=O)(=O)N1CCC[C@@H]1C(=O)Nc1ccccc1F)O[C@H](C)C(=O)N2. The molecular formula is C21H22FN3O5S. The summed E-state index contributed by atoms with van der Waals surface area (Å²) in [6, 6.07) is 7.67. The van der Waals surface area contributed by atoms with Crippen LogP contribution < -0.4 is 15.4 Å². The van der Waals surface area contributed by atoms with Gasteiger partial charge in [-0.2, -0.15) is 4.31 Å². The Kier molecular flexibility index (Phi) is 5.44. The Labute approximate surface area is 179 Å². The van der Waals surface area contributed by atoms with Crippen LogP contribution in [0.4, 0.5) is 15.8 Å². The zero-order valence-electron chi connectivity index (χ0n) is 17.0. The first-order chi connectivity index (χ1) is 14.7. The van der Waals surface area contributed by atoms with Gasteiger partial charge in [0.05, 0.1) is 16.3 Å². The van der Waals surface area contributed by atoms with Crippen molar-refractivity contribution in [1.29, 1.82) is 0 Å². The van der Waals surface area contributed by atoms with Crippen molar-refractivity contribution >= 4 is 33.2 Å². The minimum Gasteiger partial charge on any atom is -0.479 e. The molecule has 0 aromatic heterocycles. The fourth-order valence-electron chi connectivity index (χ4n) is 3.82. The van der Waals surface area contributed by atoms with Gasteiger partial charge in [0.15, 0.2) is 6.10 Å². The van der Waals surface area contributed by atoms with Crippen LogP contribution in [0, 0.1) is 12.7 Å². The summed E-state index contributed by atoms with van der Waals surface area (Å²) in [6.45, 7) is 3.35. The van der Waals surface area contributed by atoms with Gasteiger partial charge in [-0.1, -0.05) is 12.1 Å². The summed E-state index contributed by atoms with van der Waals surface area (Å²) < 4.78 is 47.5. The average Bonchev–Trinajstić information content (AvgIpc) is 3.21. The summed E-state index contributed by atoms with van der Waals surface area (Å²) in [5.74, 6) is -1.24. The minimum absolute atomic E-state index is 0.000150. The standard InChI is InChI=1S/C21H22FN3O5S/c1-12-10-16-18(30-13(2)20(26)24-16)11-19(12)31(28,29)25-9-5-8-17(25)21(27)23-15-7-4-3-6-14(15)22/h3-4,6-7,10-11,13,17H,5,8-9H2,1-2H3,(H,23,27)(H,24,26)/t13-,17-/m1/s1. The molecule has 1 saturated heterocycles. The maximum absolute atomic E-state index is 13.9. The number of hydrogen-bond donors (Lipinski definition) is 2. The predicted molar refractivity (Wildman–Crippen MR) is 112 cm³/mol. The molecule has 2 aromatic rings. The van der Waals surface area contributed by atoms with Crippen LogP contribution in [0.3, 0.4) is 0 Å². The van der Waals surface area contributed by atoms with E-state index in [1.54, 1.807) is 19.9 Å². The summed E-state index contributed by atoms with van der Waals surface area (Å²) in [5.41, 5.74) is 0.812. The van der Waals surface area contributed by atoms with E-state index in [2.05, 4.69) is 10.6 Å². The quantitative estimate of drug-likeness (QED) is 0.750. The van der Waals surface area contributed by atoms with Crippen molar-refractivity contribution in [3.63, 3.8) is 0 Å². The lowest BCUT2D eigenvalue weighted by Crippen LogP contribution is -2.43. The molecule has 2 atom stereocenters. The number of sulfonamides is 1. The van der Waals surface area contributed by atoms with Gasteiger partial charge in [-0.05, 0) is 50.5 Å². The fraction of sp³-hybridized carbons (Fsp3) is 0.333. The number of rotatable bonds is 4. The third-order valence-corrected chi connectivity index (χ3v) is 7.48. The van der Waals surface area contributed by atoms with E-state index in [-0.39, 0.29) is 28.8 Å². The Balaban J connectivity index is 1.64. The normalized spacial score (nSPS) is 21.2. The number of anilines is 2. The van der Waals surface area contributed by atoms with Gasteiger partial charge in [0.2, 0.25) is 15.9 Å². The van der Waals surface area contributed by atoms with Crippen LogP contribution in [-0.2, 0) is 19.6 Å². The topological polar surface area (TPSA) is 105 Å². The molecule has 2 aliphatic rings. The molecule has 0 radical (unpaired) electrons. The average molecular weight is 447 g/mol. The lowest BCUT2D eigenvalue weighted by atomic mass is 10.1. The molecule has 0 spiro atoms. The van der Waals surface area contributed by atoms with Crippen LogP contribution in [0.2, 0.25) is 0 Å². The number of aryl methyl sites for hydroxylation is 1. The molecule has 1 fully saturated rings. The fourth-order valence-corrected chi connectivity index (χ4v) is 5.70. The van der Waals surface area contributed by atoms with Crippen LogP contribution in [0.25, 0.3) is 0 Å². The third kappa shape index (κ3) is 3.88. The molecule has 0 bridgehead atoms. The van der Waals surface area contributed by atoms with Crippen LogP contribution >= 0.6 is 0 Å². The van der Waals surface area contributed by atoms with Crippen molar-refractivity contribution in [2.24, 2.45) is 0 Å². The number of hydrogen-bond acceptors (Lipinski definition) is 5. The number of ether oxygens (including phenoxy) is 1. The Morgan fingerprint density at radius 3 is 2.77 bits per heavy atom. The van der Waals surface area contributed by atoms with E-state index >= 15 is 0 Å². The first-order valence-corrected chi connectivity index (χ1v) is 11.3. The van der Waals surface area contributed by atoms with Gasteiger partial charge in [0.25, 0.3) is 5.91 Å². The maximum Gasteiger partial charge on any atom is 0.265 e. The van der Waals surface area contributed by atoms with E-state index in [1.807, 2.05) is 0 Å². The number of nitrogens with zero attached hydrogens (tertiary/aromatic N) is 1. The second kappa shape index (κ2) is 7.93. The molecule has 0 aliphatic carbocycles. The number of fused-ring (bicyclic) bond motifs is 1. The minimum atomic E-state index is -4.04. The van der Waals surface area contributed by atoms with Gasteiger partial charge < -0.3 is 15.4 Å². The van der Waals surface area contributed by atoms with Crippen molar-refractivity contribution in [3.05, 3.63) is 47.8 Å². The smallest absolute Gasteiger partial charge is 0.265 e. The van der Waals surface area contributed by atoms with Gasteiger partial charge in [0, 0.05) is 12.6 Å². The second-order valence-electron chi connectivity index (χ2n) is 7.61. The molecule has 2 aromatic carbocycles. The van der Waals surface area contributed by atoms with E-state index in [9.17, 15) is 22.4 Å². The first kappa shape index (κ1) is 21.3. The van der Waals surface area contributed by atoms with E-state index in [4.69, 9.17) is 4.74 Å². The van der Waals surface area contributed by atoms with Crippen LogP contribution in [0.15, 0.2) is 41.3 Å². The van der Waals surface area contributed by atoms with Crippen molar-refractivity contribution < 1.29 is 27.1 Å². The van der Waals surface area contributed by atoms with Crippen molar-refractivity contribution in [1.82, 2.24) is 4.31 Å². The molecular weight excluding hydrogens is 425 g/mol. The monoisotopic (exact) mass is 447 g/mol. The summed E-state index contributed by atoms with van der Waals surface area (Å²) in [7, 11) is -4.04. The first-order valence-electron chi connectivity index (χ1n) is 9.88. The van der Waals surface area contributed by atoms with Crippen LogP contribution in [0.5, 0.6) is 5.75 Å². The molecule has 2 amide bonds. The van der Waals surface area contributed by atoms with Crippen molar-refractivity contribution in [2.45, 2.75) is 43.7 Å². The van der Waals surface area contributed by atoms with Gasteiger partial charge in [-0.3, -0.25) is 9.59 Å². The molecule has 0 saturated carbocycles.